The largest absolute Gasteiger partial charge is 0.481 e. The van der Waals surface area contributed by atoms with Gasteiger partial charge in [-0.2, -0.15) is 0 Å². The summed E-state index contributed by atoms with van der Waals surface area (Å²) in [6, 6.07) is 2.50. The zero-order valence-electron chi connectivity index (χ0n) is 27.9. The standard InChI is InChI=1S/C32H47N5O11/c1-6-25(38)34-23(17-20-10-8-7-9-11-20)31(46)33-19(4)28(43)35-21(12-14-26(39)40)29(44)36-22(13-15-27(41)42)30(45)37-24(16-18(2)3)32(47)48-5/h7-11,18-19,21-24H,6,12-17H2,1-5H3,(H,33,46)(H,34,38)(H,35,43)(H,36,44)(H,37,45)(H,39,40)(H,41,42)/t19-,21-,22-,23-,24-/m0/s1. The van der Waals surface area contributed by atoms with Crippen molar-refractivity contribution in [2.24, 2.45) is 5.92 Å². The highest BCUT2D eigenvalue weighted by Crippen LogP contribution is 2.09. The molecule has 0 aliphatic rings. The van der Waals surface area contributed by atoms with Crippen LogP contribution >= 0.6 is 0 Å². The minimum atomic E-state index is -1.51. The predicted octanol–water partition coefficient (Wildman–Crippen LogP) is 0.0317. The number of rotatable bonds is 21. The molecule has 1 aromatic carbocycles. The Hall–Kier alpha value is -5.02. The Morgan fingerprint density at radius 3 is 1.60 bits per heavy atom. The highest BCUT2D eigenvalue weighted by atomic mass is 16.5. The summed E-state index contributed by atoms with van der Waals surface area (Å²) in [5.41, 5.74) is 0.750. The second kappa shape index (κ2) is 21.0. The lowest BCUT2D eigenvalue weighted by Crippen LogP contribution is -2.58. The molecule has 0 aliphatic carbocycles. The Bertz CT molecular complexity index is 1290. The Morgan fingerprint density at radius 1 is 0.667 bits per heavy atom. The van der Waals surface area contributed by atoms with E-state index in [1.165, 1.54) is 6.92 Å². The van der Waals surface area contributed by atoms with Gasteiger partial charge in [-0.25, -0.2) is 4.79 Å². The first-order chi connectivity index (χ1) is 22.6. The van der Waals surface area contributed by atoms with Crippen molar-refractivity contribution in [3.05, 3.63) is 35.9 Å². The van der Waals surface area contributed by atoms with Crippen LogP contribution in [0.15, 0.2) is 30.3 Å². The molecule has 0 fully saturated rings. The quantitative estimate of drug-likeness (QED) is 0.0856. The third kappa shape index (κ3) is 15.5. The number of amides is 5. The molecule has 7 N–H and O–H groups in total. The van der Waals surface area contributed by atoms with Gasteiger partial charge in [-0.1, -0.05) is 51.1 Å². The van der Waals surface area contributed by atoms with Crippen LogP contribution in [0.1, 0.15) is 71.8 Å². The first-order valence-corrected chi connectivity index (χ1v) is 15.6. The molecule has 16 heteroatoms. The maximum absolute atomic E-state index is 13.3. The van der Waals surface area contributed by atoms with E-state index in [4.69, 9.17) is 4.74 Å². The fourth-order valence-electron chi connectivity index (χ4n) is 4.48. The molecule has 0 radical (unpaired) electrons. The minimum Gasteiger partial charge on any atom is -0.481 e. The molecule has 0 saturated heterocycles. The molecule has 0 bridgehead atoms. The summed E-state index contributed by atoms with van der Waals surface area (Å²) in [7, 11) is 1.13. The number of ether oxygens (including phenoxy) is 1. The van der Waals surface area contributed by atoms with Crippen LogP contribution < -0.4 is 26.6 Å². The monoisotopic (exact) mass is 677 g/mol. The van der Waals surface area contributed by atoms with E-state index in [0.717, 1.165) is 12.7 Å². The van der Waals surface area contributed by atoms with Crippen LogP contribution in [-0.4, -0.2) is 95.0 Å². The Kier molecular flexibility index (Phi) is 17.9. The van der Waals surface area contributed by atoms with Crippen molar-refractivity contribution in [2.75, 3.05) is 7.11 Å². The molecule has 5 atom stereocenters. The molecule has 1 aromatic rings. The summed E-state index contributed by atoms with van der Waals surface area (Å²) in [5, 5.41) is 30.8. The number of carbonyl (C=O) groups excluding carboxylic acids is 6. The number of carboxylic acids is 2. The van der Waals surface area contributed by atoms with Gasteiger partial charge in [0.2, 0.25) is 29.5 Å². The average Bonchev–Trinajstić information content (AvgIpc) is 3.03. The summed E-state index contributed by atoms with van der Waals surface area (Å²) in [5.74, 6) is -7.17. The van der Waals surface area contributed by atoms with E-state index in [-0.39, 0.29) is 31.6 Å². The molecule has 48 heavy (non-hydrogen) atoms. The van der Waals surface area contributed by atoms with E-state index in [1.807, 2.05) is 0 Å². The highest BCUT2D eigenvalue weighted by Gasteiger charge is 2.32. The number of nitrogens with one attached hydrogen (secondary N) is 5. The van der Waals surface area contributed by atoms with E-state index < -0.39 is 96.9 Å². The molecule has 0 heterocycles. The van der Waals surface area contributed by atoms with Gasteiger partial charge in [0, 0.05) is 25.7 Å². The van der Waals surface area contributed by atoms with Crippen molar-refractivity contribution in [3.8, 4) is 0 Å². The SMILES string of the molecule is CCC(=O)N[C@@H](Cc1ccccc1)C(=O)N[C@@H](C)C(=O)N[C@@H](CCC(=O)O)C(=O)N[C@@H](CCC(=O)O)C(=O)N[C@@H](CC(C)C)C(=O)OC. The number of hydrogen-bond donors (Lipinski definition) is 7. The van der Waals surface area contributed by atoms with Gasteiger partial charge in [0.15, 0.2) is 0 Å². The summed E-state index contributed by atoms with van der Waals surface area (Å²) in [6.45, 7) is 6.54. The van der Waals surface area contributed by atoms with Gasteiger partial charge in [0.05, 0.1) is 7.11 Å². The lowest BCUT2D eigenvalue weighted by Gasteiger charge is -2.26. The third-order valence-electron chi connectivity index (χ3n) is 7.08. The first-order valence-electron chi connectivity index (χ1n) is 15.6. The van der Waals surface area contributed by atoms with Crippen molar-refractivity contribution in [1.82, 2.24) is 26.6 Å². The predicted molar refractivity (Wildman–Crippen MR) is 171 cm³/mol. The molecule has 0 aromatic heterocycles. The van der Waals surface area contributed by atoms with Crippen molar-refractivity contribution < 1.29 is 53.3 Å². The fraction of sp³-hybridized carbons (Fsp3) is 0.562. The number of aliphatic carboxylic acids is 2. The lowest BCUT2D eigenvalue weighted by atomic mass is 10.0. The van der Waals surface area contributed by atoms with Crippen LogP contribution in [0, 0.1) is 5.92 Å². The molecular weight excluding hydrogens is 630 g/mol. The third-order valence-corrected chi connectivity index (χ3v) is 7.08. The molecule has 0 spiro atoms. The van der Waals surface area contributed by atoms with Crippen LogP contribution in [-0.2, 0) is 49.5 Å². The summed E-state index contributed by atoms with van der Waals surface area (Å²) >= 11 is 0. The van der Waals surface area contributed by atoms with E-state index in [1.54, 1.807) is 51.1 Å². The van der Waals surface area contributed by atoms with Crippen LogP contribution in [0.2, 0.25) is 0 Å². The fourth-order valence-corrected chi connectivity index (χ4v) is 4.48. The van der Waals surface area contributed by atoms with Gasteiger partial charge >= 0.3 is 17.9 Å². The number of hydrogen-bond acceptors (Lipinski definition) is 9. The second-order valence-corrected chi connectivity index (χ2v) is 11.6. The Labute approximate surface area is 279 Å². The van der Waals surface area contributed by atoms with E-state index in [2.05, 4.69) is 26.6 Å². The zero-order chi connectivity index (χ0) is 36.4. The first kappa shape index (κ1) is 41.0. The second-order valence-electron chi connectivity index (χ2n) is 11.6. The lowest BCUT2D eigenvalue weighted by molar-refractivity contribution is -0.146. The van der Waals surface area contributed by atoms with E-state index in [0.29, 0.717) is 0 Å². The molecule has 5 amide bonds. The Morgan fingerprint density at radius 2 is 1.15 bits per heavy atom. The van der Waals surface area contributed by atoms with Gasteiger partial charge in [0.25, 0.3) is 0 Å². The van der Waals surface area contributed by atoms with Crippen LogP contribution in [0.25, 0.3) is 0 Å². The van der Waals surface area contributed by atoms with Gasteiger partial charge < -0.3 is 41.5 Å². The maximum atomic E-state index is 13.3. The molecule has 0 aliphatic heterocycles. The summed E-state index contributed by atoms with van der Waals surface area (Å²) in [6.07, 6.45) is -1.48. The summed E-state index contributed by atoms with van der Waals surface area (Å²) in [4.78, 5) is 99.7. The zero-order valence-corrected chi connectivity index (χ0v) is 27.9. The van der Waals surface area contributed by atoms with Crippen molar-refractivity contribution in [2.45, 2.75) is 103 Å². The maximum Gasteiger partial charge on any atom is 0.328 e. The normalized spacial score (nSPS) is 13.9. The average molecular weight is 678 g/mol. The molecule has 266 valence electrons. The number of esters is 1. The van der Waals surface area contributed by atoms with Crippen LogP contribution in [0.3, 0.4) is 0 Å². The number of benzene rings is 1. The highest BCUT2D eigenvalue weighted by molar-refractivity contribution is 5.96. The van der Waals surface area contributed by atoms with Gasteiger partial charge in [-0.3, -0.25) is 33.6 Å². The number of carboxylic acid groups (broad SMARTS) is 2. The van der Waals surface area contributed by atoms with Gasteiger partial charge in [0.1, 0.15) is 30.2 Å². The number of methoxy groups -OCH3 is 1. The number of carbonyl (C=O) groups is 8. The molecule has 0 saturated carbocycles. The van der Waals surface area contributed by atoms with Crippen molar-refractivity contribution >= 4 is 47.4 Å². The van der Waals surface area contributed by atoms with Crippen molar-refractivity contribution in [1.29, 1.82) is 0 Å². The van der Waals surface area contributed by atoms with Crippen molar-refractivity contribution in [3.63, 3.8) is 0 Å². The van der Waals surface area contributed by atoms with E-state index >= 15 is 0 Å². The molecular formula is C32H47N5O11. The van der Waals surface area contributed by atoms with Crippen LogP contribution in [0.5, 0.6) is 0 Å². The van der Waals surface area contributed by atoms with Gasteiger partial charge in [-0.05, 0) is 37.7 Å². The topological polar surface area (TPSA) is 246 Å². The smallest absolute Gasteiger partial charge is 0.328 e. The molecule has 16 nitrogen and oxygen atoms in total. The summed E-state index contributed by atoms with van der Waals surface area (Å²) < 4.78 is 4.74. The molecule has 1 rings (SSSR count). The van der Waals surface area contributed by atoms with Crippen LogP contribution in [0.4, 0.5) is 0 Å². The van der Waals surface area contributed by atoms with Gasteiger partial charge in [-0.15, -0.1) is 0 Å². The molecule has 0 unspecified atom stereocenters. The minimum absolute atomic E-state index is 0.0453. The van der Waals surface area contributed by atoms with E-state index in [9.17, 15) is 48.6 Å². The Balaban J connectivity index is 3.14.